The predicted molar refractivity (Wildman–Crippen MR) is 69.2 cm³/mol. The number of carbonyl (C=O) groups excluding carboxylic acids is 1. The summed E-state index contributed by atoms with van der Waals surface area (Å²) in [7, 11) is 0. The molecule has 0 unspecified atom stereocenters. The molecule has 0 fully saturated rings. The molecule has 94 valence electrons. The Labute approximate surface area is 109 Å². The smallest absolute Gasteiger partial charge is 0.254 e. The molecular weight excluding hydrogens is 251 g/mol. The van der Waals surface area contributed by atoms with E-state index in [-0.39, 0.29) is 5.56 Å². The van der Waals surface area contributed by atoms with E-state index >= 15 is 0 Å². The van der Waals surface area contributed by atoms with Gasteiger partial charge in [0.25, 0.3) is 5.91 Å². The number of carbonyl (C=O) groups is 1. The highest BCUT2D eigenvalue weighted by Crippen LogP contribution is 2.11. The third-order valence-corrected chi connectivity index (χ3v) is 3.29. The van der Waals surface area contributed by atoms with Crippen LogP contribution in [-0.4, -0.2) is 10.9 Å². The maximum absolute atomic E-state index is 13.6. The second-order valence-corrected chi connectivity index (χ2v) is 5.09. The SMILES string of the molecule is Cc1ccc(C(=O)NCc2csc(C)n2)c(F)c1. The Bertz CT molecular complexity index is 580. The number of thiazole rings is 1. The molecule has 3 nitrogen and oxygen atoms in total. The van der Waals surface area contributed by atoms with Crippen LogP contribution in [0.15, 0.2) is 23.6 Å². The van der Waals surface area contributed by atoms with Gasteiger partial charge in [-0.05, 0) is 31.5 Å². The quantitative estimate of drug-likeness (QED) is 0.926. The molecule has 5 heteroatoms. The van der Waals surface area contributed by atoms with Crippen LogP contribution in [0.1, 0.15) is 26.6 Å². The molecule has 0 atom stereocenters. The fraction of sp³-hybridized carbons (Fsp3) is 0.231. The number of rotatable bonds is 3. The fourth-order valence-electron chi connectivity index (χ4n) is 1.56. The van der Waals surface area contributed by atoms with Crippen LogP contribution in [0.4, 0.5) is 4.39 Å². The zero-order chi connectivity index (χ0) is 13.1. The van der Waals surface area contributed by atoms with E-state index in [4.69, 9.17) is 0 Å². The molecule has 18 heavy (non-hydrogen) atoms. The van der Waals surface area contributed by atoms with Crippen molar-refractivity contribution in [1.82, 2.24) is 10.3 Å². The standard InChI is InChI=1S/C13H13FN2OS/c1-8-3-4-11(12(14)5-8)13(17)15-6-10-7-18-9(2)16-10/h3-5,7H,6H2,1-2H3,(H,15,17). The van der Waals surface area contributed by atoms with E-state index in [1.165, 1.54) is 23.5 Å². The van der Waals surface area contributed by atoms with E-state index in [1.807, 2.05) is 12.3 Å². The van der Waals surface area contributed by atoms with Crippen LogP contribution in [0.25, 0.3) is 0 Å². The lowest BCUT2D eigenvalue weighted by Gasteiger charge is -2.05. The number of nitrogens with one attached hydrogen (secondary N) is 1. The van der Waals surface area contributed by atoms with Crippen molar-refractivity contribution in [2.45, 2.75) is 20.4 Å². The van der Waals surface area contributed by atoms with Crippen LogP contribution < -0.4 is 5.32 Å². The van der Waals surface area contributed by atoms with E-state index in [0.717, 1.165) is 16.3 Å². The molecule has 2 aromatic rings. The monoisotopic (exact) mass is 264 g/mol. The van der Waals surface area contributed by atoms with Crippen LogP contribution in [0.3, 0.4) is 0 Å². The average molecular weight is 264 g/mol. The highest BCUT2D eigenvalue weighted by Gasteiger charge is 2.11. The minimum atomic E-state index is -0.498. The first kappa shape index (κ1) is 12.7. The number of amides is 1. The van der Waals surface area contributed by atoms with Crippen LogP contribution in [-0.2, 0) is 6.54 Å². The second-order valence-electron chi connectivity index (χ2n) is 4.02. The minimum Gasteiger partial charge on any atom is -0.346 e. The molecule has 1 aromatic heterocycles. The van der Waals surface area contributed by atoms with Crippen LogP contribution in [0.2, 0.25) is 0 Å². The lowest BCUT2D eigenvalue weighted by atomic mass is 10.1. The van der Waals surface area contributed by atoms with E-state index in [1.54, 1.807) is 13.0 Å². The van der Waals surface area contributed by atoms with Crippen molar-refractivity contribution in [3.63, 3.8) is 0 Å². The molecule has 0 radical (unpaired) electrons. The van der Waals surface area contributed by atoms with Crippen molar-refractivity contribution < 1.29 is 9.18 Å². The third-order valence-electron chi connectivity index (χ3n) is 2.47. The Hall–Kier alpha value is -1.75. The van der Waals surface area contributed by atoms with Crippen LogP contribution in [0.5, 0.6) is 0 Å². The Kier molecular flexibility index (Phi) is 3.72. The Morgan fingerprint density at radius 3 is 2.83 bits per heavy atom. The molecule has 1 N–H and O–H groups in total. The number of nitrogens with zero attached hydrogens (tertiary/aromatic N) is 1. The molecule has 0 spiro atoms. The van der Waals surface area contributed by atoms with Gasteiger partial charge >= 0.3 is 0 Å². The van der Waals surface area contributed by atoms with Gasteiger partial charge in [-0.2, -0.15) is 0 Å². The zero-order valence-electron chi connectivity index (χ0n) is 10.2. The molecule has 0 aliphatic heterocycles. The summed E-state index contributed by atoms with van der Waals surface area (Å²) in [6, 6.07) is 4.55. The second kappa shape index (κ2) is 5.27. The average Bonchev–Trinajstić information content (AvgIpc) is 2.72. The highest BCUT2D eigenvalue weighted by molar-refractivity contribution is 7.09. The largest absolute Gasteiger partial charge is 0.346 e. The summed E-state index contributed by atoms with van der Waals surface area (Å²) >= 11 is 1.52. The first-order valence-corrected chi connectivity index (χ1v) is 6.39. The summed E-state index contributed by atoms with van der Waals surface area (Å²) < 4.78 is 13.6. The van der Waals surface area contributed by atoms with Crippen molar-refractivity contribution >= 4 is 17.2 Å². The van der Waals surface area contributed by atoms with Crippen molar-refractivity contribution in [1.29, 1.82) is 0 Å². The van der Waals surface area contributed by atoms with Gasteiger partial charge in [0.15, 0.2) is 0 Å². The Balaban J connectivity index is 2.03. The topological polar surface area (TPSA) is 42.0 Å². The van der Waals surface area contributed by atoms with Gasteiger partial charge < -0.3 is 5.32 Å². The van der Waals surface area contributed by atoms with Crippen LogP contribution in [0, 0.1) is 19.7 Å². The van der Waals surface area contributed by atoms with E-state index in [2.05, 4.69) is 10.3 Å². The summed E-state index contributed by atoms with van der Waals surface area (Å²) in [5.41, 5.74) is 1.64. The minimum absolute atomic E-state index is 0.0625. The normalized spacial score (nSPS) is 10.4. The van der Waals surface area contributed by atoms with Gasteiger partial charge in [0.2, 0.25) is 0 Å². The maximum Gasteiger partial charge on any atom is 0.254 e. The molecule has 1 aromatic carbocycles. The molecule has 1 heterocycles. The van der Waals surface area contributed by atoms with Gasteiger partial charge in [0.05, 0.1) is 22.8 Å². The third kappa shape index (κ3) is 2.92. The lowest BCUT2D eigenvalue weighted by molar-refractivity contribution is 0.0946. The summed E-state index contributed by atoms with van der Waals surface area (Å²) in [6.45, 7) is 3.99. The Morgan fingerprint density at radius 1 is 1.44 bits per heavy atom. The number of hydrogen-bond donors (Lipinski definition) is 1. The first-order valence-electron chi connectivity index (χ1n) is 5.51. The maximum atomic E-state index is 13.6. The van der Waals surface area contributed by atoms with Crippen molar-refractivity contribution in [2.75, 3.05) is 0 Å². The molecular formula is C13H13FN2OS. The predicted octanol–water partition coefficient (Wildman–Crippen LogP) is 2.83. The van der Waals surface area contributed by atoms with E-state index in [0.29, 0.717) is 6.54 Å². The number of benzene rings is 1. The van der Waals surface area contributed by atoms with Gasteiger partial charge in [-0.1, -0.05) is 6.07 Å². The zero-order valence-corrected chi connectivity index (χ0v) is 11.0. The molecule has 2 rings (SSSR count). The lowest BCUT2D eigenvalue weighted by Crippen LogP contribution is -2.24. The van der Waals surface area contributed by atoms with Crippen molar-refractivity contribution in [3.8, 4) is 0 Å². The van der Waals surface area contributed by atoms with E-state index in [9.17, 15) is 9.18 Å². The highest BCUT2D eigenvalue weighted by atomic mass is 32.1. The van der Waals surface area contributed by atoms with Gasteiger partial charge in [0.1, 0.15) is 5.82 Å². The fourth-order valence-corrected chi connectivity index (χ4v) is 2.17. The number of halogens is 1. The number of aromatic nitrogens is 1. The summed E-state index contributed by atoms with van der Waals surface area (Å²) in [4.78, 5) is 16.0. The van der Waals surface area contributed by atoms with Gasteiger partial charge in [-0.15, -0.1) is 11.3 Å². The molecule has 0 saturated carbocycles. The van der Waals surface area contributed by atoms with Gasteiger partial charge in [-0.3, -0.25) is 4.79 Å². The molecule has 0 bridgehead atoms. The molecule has 0 saturated heterocycles. The van der Waals surface area contributed by atoms with Crippen molar-refractivity contribution in [3.05, 3.63) is 51.2 Å². The van der Waals surface area contributed by atoms with Gasteiger partial charge in [-0.25, -0.2) is 9.37 Å². The first-order chi connectivity index (χ1) is 8.56. The molecule has 0 aliphatic rings. The van der Waals surface area contributed by atoms with Gasteiger partial charge in [0, 0.05) is 5.38 Å². The van der Waals surface area contributed by atoms with Crippen molar-refractivity contribution in [2.24, 2.45) is 0 Å². The van der Waals surface area contributed by atoms with E-state index < -0.39 is 11.7 Å². The summed E-state index contributed by atoms with van der Waals surface area (Å²) in [5, 5.41) is 5.48. The summed E-state index contributed by atoms with van der Waals surface area (Å²) in [5.74, 6) is -0.917. The Morgan fingerprint density at radius 2 is 2.22 bits per heavy atom. The number of hydrogen-bond acceptors (Lipinski definition) is 3. The molecule has 1 amide bonds. The number of aryl methyl sites for hydroxylation is 2. The molecule has 0 aliphatic carbocycles. The summed E-state index contributed by atoms with van der Waals surface area (Å²) in [6.07, 6.45) is 0. The van der Waals surface area contributed by atoms with Crippen LogP contribution >= 0.6 is 11.3 Å².